The molecule has 4 nitrogen and oxygen atoms in total. The van der Waals surface area contributed by atoms with Gasteiger partial charge >= 0.3 is 0 Å². The molecule has 2 rings (SSSR count). The van der Waals surface area contributed by atoms with Crippen molar-refractivity contribution in [3.63, 3.8) is 0 Å². The molecule has 0 saturated heterocycles. The second-order valence-corrected chi connectivity index (χ2v) is 6.73. The number of methoxy groups -OCH3 is 1. The third kappa shape index (κ3) is 5.20. The summed E-state index contributed by atoms with van der Waals surface area (Å²) in [6.45, 7) is 6.93. The van der Waals surface area contributed by atoms with Crippen molar-refractivity contribution in [2.75, 3.05) is 26.8 Å². The highest BCUT2D eigenvalue weighted by Gasteiger charge is 2.36. The number of nitrogens with zero attached hydrogens (tertiary/aromatic N) is 1. The number of halogens is 1. The van der Waals surface area contributed by atoms with Crippen molar-refractivity contribution < 1.29 is 9.13 Å². The predicted molar refractivity (Wildman–Crippen MR) is 96.7 cm³/mol. The van der Waals surface area contributed by atoms with Crippen LogP contribution in [0.4, 0.5) is 4.39 Å². The minimum atomic E-state index is -0.169. The Balaban J connectivity index is 1.93. The van der Waals surface area contributed by atoms with Gasteiger partial charge in [0.15, 0.2) is 5.96 Å². The largest absolute Gasteiger partial charge is 0.385 e. The van der Waals surface area contributed by atoms with E-state index in [1.165, 1.54) is 25.3 Å². The molecule has 1 aromatic carbocycles. The Kier molecular flexibility index (Phi) is 7.03. The number of hydrogen-bond acceptors (Lipinski definition) is 2. The van der Waals surface area contributed by atoms with Gasteiger partial charge in [-0.2, -0.15) is 0 Å². The van der Waals surface area contributed by atoms with Gasteiger partial charge in [-0.1, -0.05) is 18.6 Å². The standard InChI is InChI=1S/C19H30FN3O/c1-4-21-18(22-13-16-6-7-17(20)15(2)12-16)23-14-19(8-5-9-19)10-11-24-3/h6-7,12H,4-5,8-11,13-14H2,1-3H3,(H2,21,22,23). The summed E-state index contributed by atoms with van der Waals surface area (Å²) in [6.07, 6.45) is 4.89. The molecule has 1 aliphatic rings. The Morgan fingerprint density at radius 3 is 2.71 bits per heavy atom. The lowest BCUT2D eigenvalue weighted by Crippen LogP contribution is -2.46. The summed E-state index contributed by atoms with van der Waals surface area (Å²) in [7, 11) is 1.76. The van der Waals surface area contributed by atoms with Crippen LogP contribution >= 0.6 is 0 Å². The van der Waals surface area contributed by atoms with Crippen molar-refractivity contribution in [3.8, 4) is 0 Å². The van der Waals surface area contributed by atoms with Crippen LogP contribution in [0.25, 0.3) is 0 Å². The SMILES string of the molecule is CCNC(=NCc1ccc(F)c(C)c1)NCC1(CCOC)CCC1. The first-order valence-electron chi connectivity index (χ1n) is 8.85. The molecule has 1 saturated carbocycles. The van der Waals surface area contributed by atoms with Crippen LogP contribution in [0.3, 0.4) is 0 Å². The molecule has 1 aliphatic carbocycles. The minimum absolute atomic E-state index is 0.169. The second kappa shape index (κ2) is 9.02. The molecule has 1 aromatic rings. The number of aliphatic imine (C=N–C) groups is 1. The molecule has 0 radical (unpaired) electrons. The van der Waals surface area contributed by atoms with E-state index in [1.54, 1.807) is 20.1 Å². The zero-order valence-electron chi connectivity index (χ0n) is 15.1. The number of nitrogens with one attached hydrogen (secondary N) is 2. The summed E-state index contributed by atoms with van der Waals surface area (Å²) in [5, 5.41) is 6.77. The lowest BCUT2D eigenvalue weighted by Gasteiger charge is -2.42. The zero-order chi connectivity index (χ0) is 17.4. The van der Waals surface area contributed by atoms with Crippen molar-refractivity contribution in [3.05, 3.63) is 35.1 Å². The van der Waals surface area contributed by atoms with Gasteiger partial charge in [0.2, 0.25) is 0 Å². The summed E-state index contributed by atoms with van der Waals surface area (Å²) in [5.41, 5.74) is 2.02. The second-order valence-electron chi connectivity index (χ2n) is 6.73. The molecule has 0 heterocycles. The lowest BCUT2D eigenvalue weighted by atomic mass is 9.67. The van der Waals surface area contributed by atoms with E-state index in [4.69, 9.17) is 4.74 Å². The van der Waals surface area contributed by atoms with E-state index in [-0.39, 0.29) is 5.82 Å². The number of rotatable bonds is 8. The van der Waals surface area contributed by atoms with Crippen molar-refractivity contribution >= 4 is 5.96 Å². The van der Waals surface area contributed by atoms with Gasteiger partial charge in [-0.3, -0.25) is 0 Å². The molecule has 1 fully saturated rings. The van der Waals surface area contributed by atoms with Crippen molar-refractivity contribution in [1.29, 1.82) is 0 Å². The van der Waals surface area contributed by atoms with E-state index in [9.17, 15) is 4.39 Å². The molecule has 0 spiro atoms. The molecule has 134 valence electrons. The van der Waals surface area contributed by atoms with Crippen molar-refractivity contribution in [2.24, 2.45) is 10.4 Å². The van der Waals surface area contributed by atoms with E-state index in [2.05, 4.69) is 22.5 Å². The molecule has 0 aliphatic heterocycles. The van der Waals surface area contributed by atoms with Crippen LogP contribution in [0, 0.1) is 18.2 Å². The zero-order valence-corrected chi connectivity index (χ0v) is 15.1. The summed E-state index contributed by atoms with van der Waals surface area (Å²) in [4.78, 5) is 4.64. The molecule has 0 unspecified atom stereocenters. The fraction of sp³-hybridized carbons (Fsp3) is 0.632. The Morgan fingerprint density at radius 1 is 1.33 bits per heavy atom. The van der Waals surface area contributed by atoms with E-state index in [1.807, 2.05) is 6.07 Å². The van der Waals surface area contributed by atoms with Gasteiger partial charge < -0.3 is 15.4 Å². The summed E-state index contributed by atoms with van der Waals surface area (Å²) < 4.78 is 18.6. The number of aryl methyl sites for hydroxylation is 1. The normalized spacial score (nSPS) is 16.6. The van der Waals surface area contributed by atoms with Crippen LogP contribution in [0.1, 0.15) is 43.7 Å². The van der Waals surface area contributed by atoms with E-state index >= 15 is 0 Å². The Morgan fingerprint density at radius 2 is 2.12 bits per heavy atom. The third-order valence-electron chi connectivity index (χ3n) is 4.87. The topological polar surface area (TPSA) is 45.7 Å². The maximum atomic E-state index is 13.3. The van der Waals surface area contributed by atoms with Crippen LogP contribution in [-0.4, -0.2) is 32.8 Å². The van der Waals surface area contributed by atoms with Gasteiger partial charge in [-0.15, -0.1) is 0 Å². The number of ether oxygens (including phenoxy) is 1. The van der Waals surface area contributed by atoms with Crippen molar-refractivity contribution in [2.45, 2.75) is 46.1 Å². The molecular formula is C19H30FN3O. The Bertz CT molecular complexity index is 556. The molecule has 0 amide bonds. The quantitative estimate of drug-likeness (QED) is 0.565. The first-order valence-corrected chi connectivity index (χ1v) is 8.85. The molecular weight excluding hydrogens is 305 g/mol. The van der Waals surface area contributed by atoms with E-state index < -0.39 is 0 Å². The highest BCUT2D eigenvalue weighted by atomic mass is 19.1. The highest BCUT2D eigenvalue weighted by Crippen LogP contribution is 2.43. The van der Waals surface area contributed by atoms with Crippen LogP contribution in [0.15, 0.2) is 23.2 Å². The van der Waals surface area contributed by atoms with Gasteiger partial charge in [-0.25, -0.2) is 9.38 Å². The first kappa shape index (κ1) is 18.7. The number of guanidine groups is 1. The minimum Gasteiger partial charge on any atom is -0.385 e. The fourth-order valence-corrected chi connectivity index (χ4v) is 3.10. The monoisotopic (exact) mass is 335 g/mol. The maximum absolute atomic E-state index is 13.3. The number of hydrogen-bond donors (Lipinski definition) is 2. The van der Waals surface area contributed by atoms with Gasteiger partial charge in [0.1, 0.15) is 5.82 Å². The number of benzene rings is 1. The van der Waals surface area contributed by atoms with Gasteiger partial charge in [0, 0.05) is 26.8 Å². The van der Waals surface area contributed by atoms with E-state index in [0.717, 1.165) is 37.6 Å². The van der Waals surface area contributed by atoms with Crippen LogP contribution < -0.4 is 10.6 Å². The highest BCUT2D eigenvalue weighted by molar-refractivity contribution is 5.79. The van der Waals surface area contributed by atoms with Crippen LogP contribution in [-0.2, 0) is 11.3 Å². The van der Waals surface area contributed by atoms with Gasteiger partial charge in [-0.05, 0) is 55.7 Å². The molecule has 2 N–H and O–H groups in total. The lowest BCUT2D eigenvalue weighted by molar-refractivity contribution is 0.0732. The fourth-order valence-electron chi connectivity index (χ4n) is 3.10. The molecule has 0 bridgehead atoms. The molecule has 0 atom stereocenters. The summed E-state index contributed by atoms with van der Waals surface area (Å²) >= 11 is 0. The first-order chi connectivity index (χ1) is 11.6. The average Bonchev–Trinajstić information content (AvgIpc) is 2.54. The van der Waals surface area contributed by atoms with Gasteiger partial charge in [0.25, 0.3) is 0 Å². The summed E-state index contributed by atoms with van der Waals surface area (Å²) in [5.74, 6) is 0.654. The van der Waals surface area contributed by atoms with Gasteiger partial charge in [0.05, 0.1) is 6.54 Å². The Labute approximate surface area is 144 Å². The molecule has 24 heavy (non-hydrogen) atoms. The average molecular weight is 335 g/mol. The Hall–Kier alpha value is -1.62. The smallest absolute Gasteiger partial charge is 0.191 e. The molecule has 0 aromatic heterocycles. The molecule has 5 heteroatoms. The van der Waals surface area contributed by atoms with Crippen LogP contribution in [0.2, 0.25) is 0 Å². The maximum Gasteiger partial charge on any atom is 0.191 e. The van der Waals surface area contributed by atoms with Crippen LogP contribution in [0.5, 0.6) is 0 Å². The van der Waals surface area contributed by atoms with E-state index in [0.29, 0.717) is 17.5 Å². The summed E-state index contributed by atoms with van der Waals surface area (Å²) in [6, 6.07) is 5.16. The van der Waals surface area contributed by atoms with Crippen molar-refractivity contribution in [1.82, 2.24) is 10.6 Å². The third-order valence-corrected chi connectivity index (χ3v) is 4.87. The predicted octanol–water partition coefficient (Wildman–Crippen LogP) is 3.40.